The van der Waals surface area contributed by atoms with Crippen LogP contribution in [0.1, 0.15) is 35.6 Å². The topological polar surface area (TPSA) is 123 Å². The standard InChI is InChI=1S/C24H26Cl2N6O2/c1-28-22(33)17(16-6-3-2-4-7-16)8-5-11-29-21-20(13-27)31-24(32-23(21)34)30-14-15-9-10-18(25)19(26)12-15/h2-4,6-7,9-10,12-13,17,27,29H,5,8,11,14H2,1H3,(H,28,33)(H2,30,31,32,34). The van der Waals surface area contributed by atoms with Crippen molar-refractivity contribution in [3.8, 4) is 0 Å². The Morgan fingerprint density at radius 2 is 1.91 bits per heavy atom. The molecular weight excluding hydrogens is 475 g/mol. The van der Waals surface area contributed by atoms with Crippen LogP contribution in [0.25, 0.3) is 0 Å². The molecular formula is C24H26Cl2N6O2. The van der Waals surface area contributed by atoms with Gasteiger partial charge in [-0.1, -0.05) is 59.6 Å². The van der Waals surface area contributed by atoms with Gasteiger partial charge in [0.05, 0.1) is 16.0 Å². The molecule has 34 heavy (non-hydrogen) atoms. The number of halogens is 2. The number of likely N-dealkylation sites (N-methyl/N-ethyl adjacent to an activating group) is 1. The zero-order valence-electron chi connectivity index (χ0n) is 18.6. The molecule has 1 aromatic heterocycles. The van der Waals surface area contributed by atoms with Crippen molar-refractivity contribution in [2.45, 2.75) is 25.3 Å². The highest BCUT2D eigenvalue weighted by Crippen LogP contribution is 2.23. The molecule has 0 radical (unpaired) electrons. The summed E-state index contributed by atoms with van der Waals surface area (Å²) in [4.78, 5) is 31.9. The van der Waals surface area contributed by atoms with Crippen molar-refractivity contribution in [2.75, 3.05) is 24.2 Å². The molecule has 0 aliphatic carbocycles. The summed E-state index contributed by atoms with van der Waals surface area (Å²) in [6.45, 7) is 0.812. The van der Waals surface area contributed by atoms with Crippen molar-refractivity contribution in [2.24, 2.45) is 0 Å². The van der Waals surface area contributed by atoms with Crippen LogP contribution in [0.4, 0.5) is 11.6 Å². The highest BCUT2D eigenvalue weighted by molar-refractivity contribution is 6.42. The lowest BCUT2D eigenvalue weighted by Crippen LogP contribution is -2.26. The molecule has 1 atom stereocenters. The van der Waals surface area contributed by atoms with Gasteiger partial charge in [-0.2, -0.15) is 0 Å². The Kier molecular flexibility index (Phi) is 9.07. The third-order valence-electron chi connectivity index (χ3n) is 5.26. The molecule has 0 bridgehead atoms. The lowest BCUT2D eigenvalue weighted by Gasteiger charge is -2.16. The number of carbonyl (C=O) groups is 1. The monoisotopic (exact) mass is 500 g/mol. The Morgan fingerprint density at radius 1 is 1.15 bits per heavy atom. The third-order valence-corrected chi connectivity index (χ3v) is 6.00. The number of hydrogen-bond donors (Lipinski definition) is 5. The maximum atomic E-state index is 12.6. The van der Waals surface area contributed by atoms with Gasteiger partial charge in [-0.25, -0.2) is 4.98 Å². The molecule has 0 spiro atoms. The molecule has 0 saturated carbocycles. The highest BCUT2D eigenvalue weighted by Gasteiger charge is 2.19. The molecule has 1 amide bonds. The van der Waals surface area contributed by atoms with Crippen LogP contribution in [0.2, 0.25) is 10.0 Å². The predicted octanol–water partition coefficient (Wildman–Crippen LogP) is 4.41. The van der Waals surface area contributed by atoms with Gasteiger partial charge >= 0.3 is 0 Å². The van der Waals surface area contributed by atoms with E-state index in [1.165, 1.54) is 0 Å². The molecule has 0 aliphatic heterocycles. The van der Waals surface area contributed by atoms with Gasteiger partial charge in [0.1, 0.15) is 11.4 Å². The number of H-pyrrole nitrogens is 1. The van der Waals surface area contributed by atoms with Crippen LogP contribution < -0.4 is 21.5 Å². The summed E-state index contributed by atoms with van der Waals surface area (Å²) < 4.78 is 0. The van der Waals surface area contributed by atoms with Crippen LogP contribution >= 0.6 is 23.2 Å². The van der Waals surface area contributed by atoms with Crippen LogP contribution in [0.15, 0.2) is 53.3 Å². The van der Waals surface area contributed by atoms with Crippen LogP contribution in [-0.4, -0.2) is 35.7 Å². The molecule has 178 valence electrons. The maximum Gasteiger partial charge on any atom is 0.276 e. The van der Waals surface area contributed by atoms with Crippen molar-refractivity contribution >= 4 is 47.0 Å². The molecule has 10 heteroatoms. The molecule has 0 saturated heterocycles. The summed E-state index contributed by atoms with van der Waals surface area (Å²) in [5.74, 6) is -0.0910. The Morgan fingerprint density at radius 3 is 2.59 bits per heavy atom. The van der Waals surface area contributed by atoms with E-state index in [1.807, 2.05) is 36.4 Å². The average molecular weight is 501 g/mol. The summed E-state index contributed by atoms with van der Waals surface area (Å²) >= 11 is 12.0. The lowest BCUT2D eigenvalue weighted by atomic mass is 9.93. The molecule has 1 heterocycles. The van der Waals surface area contributed by atoms with Crippen LogP contribution in [0, 0.1) is 5.41 Å². The molecule has 8 nitrogen and oxygen atoms in total. The first-order chi connectivity index (χ1) is 16.4. The minimum Gasteiger partial charge on any atom is -0.379 e. The van der Waals surface area contributed by atoms with Gasteiger partial charge in [0.15, 0.2) is 0 Å². The summed E-state index contributed by atoms with van der Waals surface area (Å²) in [5, 5.41) is 17.4. The fourth-order valence-electron chi connectivity index (χ4n) is 3.51. The van der Waals surface area contributed by atoms with E-state index in [1.54, 1.807) is 19.2 Å². The second-order valence-corrected chi connectivity index (χ2v) is 8.38. The molecule has 3 aromatic rings. The number of rotatable bonds is 11. The predicted molar refractivity (Wildman–Crippen MR) is 138 cm³/mol. The van der Waals surface area contributed by atoms with E-state index in [0.717, 1.165) is 17.3 Å². The first-order valence-corrected chi connectivity index (χ1v) is 11.5. The molecule has 1 unspecified atom stereocenters. The second-order valence-electron chi connectivity index (χ2n) is 7.57. The molecule has 5 N–H and O–H groups in total. The average Bonchev–Trinajstić information content (AvgIpc) is 2.85. The number of carbonyl (C=O) groups excluding carboxylic acids is 1. The van der Waals surface area contributed by atoms with Gasteiger partial charge in [-0.05, 0) is 36.1 Å². The van der Waals surface area contributed by atoms with Gasteiger partial charge in [-0.15, -0.1) is 0 Å². The highest BCUT2D eigenvalue weighted by atomic mass is 35.5. The zero-order valence-corrected chi connectivity index (χ0v) is 20.1. The van der Waals surface area contributed by atoms with Gasteiger partial charge < -0.3 is 21.4 Å². The van der Waals surface area contributed by atoms with Gasteiger partial charge in [0.2, 0.25) is 11.9 Å². The van der Waals surface area contributed by atoms with E-state index in [4.69, 9.17) is 28.6 Å². The van der Waals surface area contributed by atoms with E-state index < -0.39 is 5.56 Å². The number of nitrogens with one attached hydrogen (secondary N) is 5. The fraction of sp³-hybridized carbons (Fsp3) is 0.250. The fourth-order valence-corrected chi connectivity index (χ4v) is 3.83. The number of aromatic amines is 1. The Hall–Kier alpha value is -3.36. The molecule has 3 rings (SSSR count). The van der Waals surface area contributed by atoms with Crippen molar-refractivity contribution in [1.29, 1.82) is 5.41 Å². The van der Waals surface area contributed by atoms with Crippen molar-refractivity contribution in [3.63, 3.8) is 0 Å². The molecule has 0 aliphatic rings. The number of anilines is 2. The van der Waals surface area contributed by atoms with Crippen molar-refractivity contribution in [1.82, 2.24) is 15.3 Å². The largest absolute Gasteiger partial charge is 0.379 e. The SMILES string of the molecule is CNC(=O)C(CCCNc1c(C=N)nc(NCc2ccc(Cl)c(Cl)c2)[nH]c1=O)c1ccccc1. The zero-order chi connectivity index (χ0) is 24.5. The summed E-state index contributed by atoms with van der Waals surface area (Å²) in [5.41, 5.74) is 1.84. The summed E-state index contributed by atoms with van der Waals surface area (Å²) in [6, 6.07) is 14.8. The smallest absolute Gasteiger partial charge is 0.276 e. The number of aromatic nitrogens is 2. The minimum atomic E-state index is -0.393. The van der Waals surface area contributed by atoms with E-state index in [0.29, 0.717) is 36.0 Å². The second kappa shape index (κ2) is 12.2. The molecule has 0 fully saturated rings. The number of hydrogen-bond acceptors (Lipinski definition) is 6. The number of nitrogens with zero attached hydrogens (tertiary/aromatic N) is 1. The Bertz CT molecular complexity index is 1200. The van der Waals surface area contributed by atoms with Crippen LogP contribution in [-0.2, 0) is 11.3 Å². The Balaban J connectivity index is 1.62. The number of benzene rings is 2. The van der Waals surface area contributed by atoms with E-state index in [9.17, 15) is 9.59 Å². The summed E-state index contributed by atoms with van der Waals surface area (Å²) in [6.07, 6.45) is 2.27. The van der Waals surface area contributed by atoms with Crippen LogP contribution in [0.3, 0.4) is 0 Å². The van der Waals surface area contributed by atoms with E-state index in [-0.39, 0.29) is 29.2 Å². The Labute approximate surface area is 207 Å². The molecule has 2 aromatic carbocycles. The normalized spacial score (nSPS) is 11.5. The van der Waals surface area contributed by atoms with Gasteiger partial charge in [0.25, 0.3) is 5.56 Å². The van der Waals surface area contributed by atoms with E-state index >= 15 is 0 Å². The van der Waals surface area contributed by atoms with Gasteiger partial charge in [0, 0.05) is 26.4 Å². The first kappa shape index (κ1) is 25.3. The van der Waals surface area contributed by atoms with Crippen LogP contribution in [0.5, 0.6) is 0 Å². The number of amides is 1. The van der Waals surface area contributed by atoms with Crippen molar-refractivity contribution in [3.05, 3.63) is 85.8 Å². The lowest BCUT2D eigenvalue weighted by molar-refractivity contribution is -0.122. The summed E-state index contributed by atoms with van der Waals surface area (Å²) in [7, 11) is 1.62. The first-order valence-electron chi connectivity index (χ1n) is 10.8. The third kappa shape index (κ3) is 6.59. The van der Waals surface area contributed by atoms with E-state index in [2.05, 4.69) is 25.9 Å². The maximum absolute atomic E-state index is 12.6. The van der Waals surface area contributed by atoms with Crippen molar-refractivity contribution < 1.29 is 4.79 Å². The van der Waals surface area contributed by atoms with Gasteiger partial charge in [-0.3, -0.25) is 14.6 Å². The quantitative estimate of drug-likeness (QED) is 0.197. The minimum absolute atomic E-state index is 0.0525.